The van der Waals surface area contributed by atoms with Gasteiger partial charge in [0.1, 0.15) is 0 Å². The van der Waals surface area contributed by atoms with Crippen LogP contribution in [0.5, 0.6) is 0 Å². The monoisotopic (exact) mass is 302 g/mol. The molecule has 1 aromatic carbocycles. The molecule has 2 rings (SSSR count). The largest absolute Gasteiger partial charge is 0.481 e. The average Bonchev–Trinajstić information content (AvgIpc) is 2.87. The van der Waals surface area contributed by atoms with E-state index in [0.29, 0.717) is 5.69 Å². The lowest BCUT2D eigenvalue weighted by Gasteiger charge is -2.11. The highest BCUT2D eigenvalue weighted by Crippen LogP contribution is 2.24. The second-order valence-corrected chi connectivity index (χ2v) is 4.89. The Balaban J connectivity index is 2.09. The van der Waals surface area contributed by atoms with Gasteiger partial charge in [-0.2, -0.15) is 5.10 Å². The molecule has 7 heteroatoms. The van der Waals surface area contributed by atoms with Gasteiger partial charge >= 0.3 is 12.0 Å². The first-order chi connectivity index (χ1) is 10.5. The van der Waals surface area contributed by atoms with Gasteiger partial charge in [-0.25, -0.2) is 4.79 Å². The Bertz CT molecular complexity index is 694. The van der Waals surface area contributed by atoms with E-state index in [9.17, 15) is 9.59 Å². The van der Waals surface area contributed by atoms with Gasteiger partial charge in [-0.3, -0.25) is 9.48 Å². The van der Waals surface area contributed by atoms with E-state index in [4.69, 9.17) is 5.11 Å². The van der Waals surface area contributed by atoms with Crippen molar-refractivity contribution in [3.05, 3.63) is 36.0 Å². The average molecular weight is 302 g/mol. The van der Waals surface area contributed by atoms with Gasteiger partial charge in [0.2, 0.25) is 0 Å². The number of carboxylic acids is 1. The second-order valence-electron chi connectivity index (χ2n) is 4.89. The molecule has 0 radical (unpaired) electrons. The first-order valence-electron chi connectivity index (χ1n) is 6.83. The van der Waals surface area contributed by atoms with Gasteiger partial charge in [-0.05, 0) is 24.6 Å². The lowest BCUT2D eigenvalue weighted by molar-refractivity contribution is -0.136. The smallest absolute Gasteiger partial charge is 0.319 e. The summed E-state index contributed by atoms with van der Waals surface area (Å²) in [5.41, 5.74) is 3.46. The van der Waals surface area contributed by atoms with Crippen molar-refractivity contribution in [2.24, 2.45) is 7.05 Å². The zero-order valence-corrected chi connectivity index (χ0v) is 12.5. The van der Waals surface area contributed by atoms with Gasteiger partial charge in [0.25, 0.3) is 0 Å². The molecule has 1 heterocycles. The summed E-state index contributed by atoms with van der Waals surface area (Å²) in [6.45, 7) is 1.97. The Morgan fingerprint density at radius 2 is 2.09 bits per heavy atom. The van der Waals surface area contributed by atoms with E-state index in [-0.39, 0.29) is 13.0 Å². The first-order valence-corrected chi connectivity index (χ1v) is 6.83. The van der Waals surface area contributed by atoms with Crippen molar-refractivity contribution in [1.29, 1.82) is 0 Å². The number of hydrogen-bond acceptors (Lipinski definition) is 3. The molecule has 3 N–H and O–H groups in total. The zero-order chi connectivity index (χ0) is 16.1. The summed E-state index contributed by atoms with van der Waals surface area (Å²) < 4.78 is 1.75. The Morgan fingerprint density at radius 3 is 2.73 bits per heavy atom. The Morgan fingerprint density at radius 1 is 1.32 bits per heavy atom. The minimum absolute atomic E-state index is 0.0850. The van der Waals surface area contributed by atoms with Crippen molar-refractivity contribution in [2.75, 3.05) is 11.9 Å². The number of nitrogens with zero attached hydrogens (tertiary/aromatic N) is 2. The maximum Gasteiger partial charge on any atom is 0.319 e. The fraction of sp³-hybridized carbons (Fsp3) is 0.267. The third kappa shape index (κ3) is 3.85. The molecule has 0 spiro atoms. The third-order valence-corrected chi connectivity index (χ3v) is 3.23. The second kappa shape index (κ2) is 6.75. The predicted octanol–water partition coefficient (Wildman–Crippen LogP) is 1.99. The number of amides is 2. The van der Waals surface area contributed by atoms with E-state index in [1.807, 2.05) is 38.2 Å². The molecular weight excluding hydrogens is 284 g/mol. The summed E-state index contributed by atoms with van der Waals surface area (Å²) in [5, 5.41) is 17.9. The molecular formula is C15H18N4O3. The Kier molecular flexibility index (Phi) is 4.77. The number of carbonyl (C=O) groups is 2. The van der Waals surface area contributed by atoms with Crippen LogP contribution in [0.15, 0.2) is 30.5 Å². The highest BCUT2D eigenvalue weighted by molar-refractivity contribution is 5.91. The molecule has 0 unspecified atom stereocenters. The van der Waals surface area contributed by atoms with Gasteiger partial charge in [-0.15, -0.1) is 0 Å². The number of aromatic nitrogens is 2. The van der Waals surface area contributed by atoms with Gasteiger partial charge < -0.3 is 15.7 Å². The molecule has 0 aliphatic carbocycles. The number of anilines is 1. The zero-order valence-electron chi connectivity index (χ0n) is 12.5. The topological polar surface area (TPSA) is 96.3 Å². The van der Waals surface area contributed by atoms with Crippen LogP contribution >= 0.6 is 0 Å². The Labute approximate surface area is 128 Å². The molecule has 2 aromatic rings. The van der Waals surface area contributed by atoms with Crippen LogP contribution in [0.1, 0.15) is 12.0 Å². The number of hydrogen-bond donors (Lipinski definition) is 3. The summed E-state index contributed by atoms with van der Waals surface area (Å²) in [5.74, 6) is -0.949. The van der Waals surface area contributed by atoms with Crippen LogP contribution in [0.25, 0.3) is 11.3 Å². The molecule has 0 bridgehead atoms. The van der Waals surface area contributed by atoms with Crippen LogP contribution in [0.4, 0.5) is 10.5 Å². The third-order valence-electron chi connectivity index (χ3n) is 3.23. The summed E-state index contributed by atoms with van der Waals surface area (Å²) >= 11 is 0. The highest BCUT2D eigenvalue weighted by atomic mass is 16.4. The summed E-state index contributed by atoms with van der Waals surface area (Å²) in [6.07, 6.45) is 1.60. The fourth-order valence-corrected chi connectivity index (χ4v) is 2.02. The molecule has 0 aliphatic rings. The number of urea groups is 1. The molecule has 2 amide bonds. The minimum atomic E-state index is -0.949. The molecule has 0 saturated carbocycles. The van der Waals surface area contributed by atoms with Crippen LogP contribution in [0, 0.1) is 6.92 Å². The lowest BCUT2D eigenvalue weighted by Crippen LogP contribution is -2.30. The van der Waals surface area contributed by atoms with E-state index in [1.165, 1.54) is 0 Å². The normalized spacial score (nSPS) is 10.3. The van der Waals surface area contributed by atoms with Crippen molar-refractivity contribution in [3.8, 4) is 11.3 Å². The maximum atomic E-state index is 11.8. The number of aryl methyl sites for hydroxylation is 2. The highest BCUT2D eigenvalue weighted by Gasteiger charge is 2.08. The summed E-state index contributed by atoms with van der Waals surface area (Å²) in [7, 11) is 1.85. The van der Waals surface area contributed by atoms with Crippen LogP contribution < -0.4 is 10.6 Å². The number of rotatable bonds is 5. The van der Waals surface area contributed by atoms with Gasteiger partial charge in [0, 0.05) is 31.0 Å². The number of benzene rings is 1. The molecule has 0 saturated heterocycles. The first kappa shape index (κ1) is 15.6. The standard InChI is InChI=1S/C15H18N4O3/c1-10-3-4-11(13-5-8-17-19(13)2)9-12(10)18-15(22)16-7-6-14(20)21/h3-5,8-9H,6-7H2,1-2H3,(H,20,21)(H2,16,18,22). The minimum Gasteiger partial charge on any atom is -0.481 e. The molecule has 0 fully saturated rings. The SMILES string of the molecule is Cc1ccc(-c2ccnn2C)cc1NC(=O)NCCC(=O)O. The number of carboxylic acid groups (broad SMARTS) is 1. The number of carbonyl (C=O) groups excluding carboxylic acids is 1. The summed E-state index contributed by atoms with van der Waals surface area (Å²) in [4.78, 5) is 22.2. The van der Waals surface area contributed by atoms with Gasteiger partial charge in [-0.1, -0.05) is 12.1 Å². The molecule has 0 atom stereocenters. The molecule has 116 valence electrons. The number of nitrogens with one attached hydrogen (secondary N) is 2. The van der Waals surface area contributed by atoms with Crippen LogP contribution in [-0.4, -0.2) is 33.4 Å². The number of aliphatic carboxylic acids is 1. The van der Waals surface area contributed by atoms with Crippen molar-refractivity contribution < 1.29 is 14.7 Å². The van der Waals surface area contributed by atoms with E-state index in [0.717, 1.165) is 16.8 Å². The van der Waals surface area contributed by atoms with E-state index in [2.05, 4.69) is 15.7 Å². The molecule has 7 nitrogen and oxygen atoms in total. The van der Waals surface area contributed by atoms with E-state index >= 15 is 0 Å². The van der Waals surface area contributed by atoms with Gasteiger partial charge in [0.05, 0.1) is 12.1 Å². The molecule has 1 aromatic heterocycles. The van der Waals surface area contributed by atoms with Crippen molar-refractivity contribution >= 4 is 17.7 Å². The predicted molar refractivity (Wildman–Crippen MR) is 82.7 cm³/mol. The van der Waals surface area contributed by atoms with Crippen molar-refractivity contribution in [2.45, 2.75) is 13.3 Å². The lowest BCUT2D eigenvalue weighted by atomic mass is 10.1. The fourth-order valence-electron chi connectivity index (χ4n) is 2.02. The van der Waals surface area contributed by atoms with Gasteiger partial charge in [0.15, 0.2) is 0 Å². The van der Waals surface area contributed by atoms with Crippen molar-refractivity contribution in [1.82, 2.24) is 15.1 Å². The Hall–Kier alpha value is -2.83. The van der Waals surface area contributed by atoms with Crippen molar-refractivity contribution in [3.63, 3.8) is 0 Å². The summed E-state index contributed by atoms with van der Waals surface area (Å²) in [6, 6.07) is 7.20. The quantitative estimate of drug-likeness (QED) is 0.787. The maximum absolute atomic E-state index is 11.8. The molecule has 22 heavy (non-hydrogen) atoms. The molecule has 0 aliphatic heterocycles. The van der Waals surface area contributed by atoms with Crippen LogP contribution in [0.3, 0.4) is 0 Å². The van der Waals surface area contributed by atoms with Crippen LogP contribution in [-0.2, 0) is 11.8 Å². The van der Waals surface area contributed by atoms with Crippen LogP contribution in [0.2, 0.25) is 0 Å². The van der Waals surface area contributed by atoms with E-state index in [1.54, 1.807) is 10.9 Å². The van der Waals surface area contributed by atoms with E-state index < -0.39 is 12.0 Å².